The van der Waals surface area contributed by atoms with E-state index in [0.717, 1.165) is 41.1 Å². The molecule has 1 amide bonds. The Bertz CT molecular complexity index is 854. The molecule has 0 spiro atoms. The fourth-order valence-corrected chi connectivity index (χ4v) is 6.66. The van der Waals surface area contributed by atoms with Crippen LogP contribution in [-0.4, -0.2) is 35.4 Å². The highest BCUT2D eigenvalue weighted by molar-refractivity contribution is 5.95. The first kappa shape index (κ1) is 19.8. The normalized spacial score (nSPS) is 29.3. The van der Waals surface area contributed by atoms with E-state index in [9.17, 15) is 4.79 Å². The minimum absolute atomic E-state index is 0.0134. The molecule has 1 aromatic heterocycles. The number of amides is 1. The molecule has 1 heterocycles. The molecule has 0 aliphatic heterocycles. The monoisotopic (exact) mass is 407 g/mol. The SMILES string of the molecule is CCOCCCNC(=O)c1cn(-c2ccccc2)nc1C12CC3CC(CC(C3)C1)C2. The van der Waals surface area contributed by atoms with Gasteiger partial charge < -0.3 is 10.1 Å². The molecule has 4 bridgehead atoms. The van der Waals surface area contributed by atoms with Crippen LogP contribution in [0.1, 0.15) is 67.9 Å². The van der Waals surface area contributed by atoms with Crippen LogP contribution in [0.15, 0.2) is 36.5 Å². The van der Waals surface area contributed by atoms with Gasteiger partial charge in [-0.1, -0.05) is 18.2 Å². The second kappa shape index (κ2) is 8.18. The number of para-hydroxylation sites is 1. The van der Waals surface area contributed by atoms with E-state index < -0.39 is 0 Å². The van der Waals surface area contributed by atoms with Crippen molar-refractivity contribution in [3.8, 4) is 5.69 Å². The van der Waals surface area contributed by atoms with Crippen LogP contribution in [0.2, 0.25) is 0 Å². The van der Waals surface area contributed by atoms with Gasteiger partial charge in [-0.05, 0) is 81.8 Å². The highest BCUT2D eigenvalue weighted by Crippen LogP contribution is 2.60. The van der Waals surface area contributed by atoms with Crippen LogP contribution in [0, 0.1) is 17.8 Å². The van der Waals surface area contributed by atoms with Crippen molar-refractivity contribution in [1.29, 1.82) is 0 Å². The van der Waals surface area contributed by atoms with Crippen LogP contribution >= 0.6 is 0 Å². The Morgan fingerprint density at radius 2 is 1.80 bits per heavy atom. The summed E-state index contributed by atoms with van der Waals surface area (Å²) in [6.45, 7) is 4.03. The molecule has 1 N–H and O–H groups in total. The molecule has 160 valence electrons. The molecule has 2 aromatic rings. The molecule has 0 saturated heterocycles. The van der Waals surface area contributed by atoms with Crippen molar-refractivity contribution in [2.45, 2.75) is 57.3 Å². The van der Waals surface area contributed by atoms with E-state index in [4.69, 9.17) is 9.84 Å². The number of rotatable bonds is 8. The van der Waals surface area contributed by atoms with Crippen molar-refractivity contribution in [3.05, 3.63) is 47.8 Å². The smallest absolute Gasteiger partial charge is 0.254 e. The fraction of sp³-hybridized carbons (Fsp3) is 0.600. The zero-order chi connectivity index (χ0) is 20.6. The lowest BCUT2D eigenvalue weighted by atomic mass is 9.48. The van der Waals surface area contributed by atoms with Gasteiger partial charge in [0.2, 0.25) is 0 Å². The van der Waals surface area contributed by atoms with Crippen molar-refractivity contribution in [2.24, 2.45) is 17.8 Å². The molecule has 0 unspecified atom stereocenters. The molecule has 4 aliphatic rings. The van der Waals surface area contributed by atoms with Crippen LogP contribution in [-0.2, 0) is 10.2 Å². The molecule has 1 aromatic carbocycles. The summed E-state index contributed by atoms with van der Waals surface area (Å²) in [5.41, 5.74) is 2.93. The van der Waals surface area contributed by atoms with Crippen molar-refractivity contribution < 1.29 is 9.53 Å². The Hall–Kier alpha value is -2.14. The summed E-state index contributed by atoms with van der Waals surface area (Å²) in [7, 11) is 0. The minimum atomic E-state index is 0.0134. The predicted octanol–water partition coefficient (Wildman–Crippen LogP) is 4.50. The number of ether oxygens (including phenoxy) is 1. The maximum atomic E-state index is 13.2. The number of hydrogen-bond acceptors (Lipinski definition) is 3. The highest BCUT2D eigenvalue weighted by atomic mass is 16.5. The third kappa shape index (κ3) is 3.68. The topological polar surface area (TPSA) is 56.1 Å². The number of carbonyl (C=O) groups excluding carboxylic acids is 1. The molecule has 4 fully saturated rings. The summed E-state index contributed by atoms with van der Waals surface area (Å²) in [6, 6.07) is 10.2. The van der Waals surface area contributed by atoms with Gasteiger partial charge >= 0.3 is 0 Å². The molecule has 30 heavy (non-hydrogen) atoms. The maximum Gasteiger partial charge on any atom is 0.254 e. The van der Waals surface area contributed by atoms with Crippen LogP contribution in [0.5, 0.6) is 0 Å². The lowest BCUT2D eigenvalue weighted by Gasteiger charge is -2.56. The van der Waals surface area contributed by atoms with E-state index in [0.29, 0.717) is 19.8 Å². The molecule has 6 rings (SSSR count). The minimum Gasteiger partial charge on any atom is -0.382 e. The average Bonchev–Trinajstić information content (AvgIpc) is 3.20. The second-order valence-corrected chi connectivity index (χ2v) is 9.68. The standard InChI is InChI=1S/C25H33N3O2/c1-2-30-10-6-9-26-24(29)22-17-28(21-7-4-3-5-8-21)27-23(22)25-14-18-11-19(15-25)13-20(12-18)16-25/h3-5,7-8,17-20H,2,6,9-16H2,1H3,(H,26,29). The molecule has 0 atom stereocenters. The highest BCUT2D eigenvalue weighted by Gasteiger charge is 2.53. The number of aromatic nitrogens is 2. The summed E-state index contributed by atoms with van der Waals surface area (Å²) < 4.78 is 7.32. The third-order valence-corrected chi connectivity index (χ3v) is 7.48. The van der Waals surface area contributed by atoms with Gasteiger partial charge in [0.15, 0.2) is 0 Å². The van der Waals surface area contributed by atoms with Gasteiger partial charge in [-0.25, -0.2) is 4.68 Å². The van der Waals surface area contributed by atoms with E-state index in [2.05, 4.69) is 17.4 Å². The largest absolute Gasteiger partial charge is 0.382 e. The van der Waals surface area contributed by atoms with Gasteiger partial charge in [0.25, 0.3) is 5.91 Å². The Kier molecular flexibility index (Phi) is 5.40. The quantitative estimate of drug-likeness (QED) is 0.656. The number of nitrogens with zero attached hydrogens (tertiary/aromatic N) is 2. The number of hydrogen-bond donors (Lipinski definition) is 1. The van der Waals surface area contributed by atoms with Crippen molar-refractivity contribution in [1.82, 2.24) is 15.1 Å². The summed E-state index contributed by atoms with van der Waals surface area (Å²) in [4.78, 5) is 13.2. The maximum absolute atomic E-state index is 13.2. The first-order valence-corrected chi connectivity index (χ1v) is 11.7. The molecule has 4 aliphatic carbocycles. The van der Waals surface area contributed by atoms with Gasteiger partial charge in [0.1, 0.15) is 0 Å². The van der Waals surface area contributed by atoms with E-state index in [-0.39, 0.29) is 11.3 Å². The van der Waals surface area contributed by atoms with Gasteiger partial charge in [-0.15, -0.1) is 0 Å². The van der Waals surface area contributed by atoms with E-state index in [1.807, 2.05) is 36.0 Å². The number of nitrogens with one attached hydrogen (secondary N) is 1. The van der Waals surface area contributed by atoms with Gasteiger partial charge in [-0.3, -0.25) is 4.79 Å². The number of benzene rings is 1. The van der Waals surface area contributed by atoms with Gasteiger partial charge in [0.05, 0.1) is 16.9 Å². The van der Waals surface area contributed by atoms with Crippen LogP contribution in [0.3, 0.4) is 0 Å². The van der Waals surface area contributed by atoms with E-state index in [1.54, 1.807) is 0 Å². The van der Waals surface area contributed by atoms with E-state index in [1.165, 1.54) is 38.5 Å². The molecule has 0 radical (unpaired) electrons. The zero-order valence-electron chi connectivity index (χ0n) is 18.0. The summed E-state index contributed by atoms with van der Waals surface area (Å²) in [5, 5.41) is 8.20. The Morgan fingerprint density at radius 1 is 1.13 bits per heavy atom. The summed E-state index contributed by atoms with van der Waals surface area (Å²) in [5.74, 6) is 2.47. The first-order chi connectivity index (χ1) is 14.7. The lowest BCUT2D eigenvalue weighted by molar-refractivity contribution is -0.00770. The predicted molar refractivity (Wildman–Crippen MR) is 117 cm³/mol. The number of carbonyl (C=O) groups is 1. The summed E-state index contributed by atoms with van der Waals surface area (Å²) in [6.07, 6.45) is 10.6. The van der Waals surface area contributed by atoms with Crippen LogP contribution in [0.4, 0.5) is 0 Å². The zero-order valence-corrected chi connectivity index (χ0v) is 18.0. The Balaban J connectivity index is 1.45. The van der Waals surface area contributed by atoms with E-state index >= 15 is 0 Å². The molecular formula is C25H33N3O2. The first-order valence-electron chi connectivity index (χ1n) is 11.7. The van der Waals surface area contributed by atoms with Crippen molar-refractivity contribution in [2.75, 3.05) is 19.8 Å². The van der Waals surface area contributed by atoms with Crippen LogP contribution in [0.25, 0.3) is 5.69 Å². The molecule has 5 nitrogen and oxygen atoms in total. The lowest BCUT2D eigenvalue weighted by Crippen LogP contribution is -2.49. The van der Waals surface area contributed by atoms with Crippen molar-refractivity contribution >= 4 is 5.91 Å². The molecule has 5 heteroatoms. The van der Waals surface area contributed by atoms with Gasteiger partial charge in [0, 0.05) is 31.4 Å². The fourth-order valence-electron chi connectivity index (χ4n) is 6.66. The molecule has 4 saturated carbocycles. The van der Waals surface area contributed by atoms with Crippen molar-refractivity contribution in [3.63, 3.8) is 0 Å². The Morgan fingerprint density at radius 3 is 2.43 bits per heavy atom. The second-order valence-electron chi connectivity index (χ2n) is 9.68. The summed E-state index contributed by atoms with van der Waals surface area (Å²) >= 11 is 0. The molecular weight excluding hydrogens is 374 g/mol. The van der Waals surface area contributed by atoms with Crippen LogP contribution < -0.4 is 5.32 Å². The Labute approximate surface area is 179 Å². The third-order valence-electron chi connectivity index (χ3n) is 7.48. The van der Waals surface area contributed by atoms with Gasteiger partial charge in [-0.2, -0.15) is 5.10 Å². The average molecular weight is 408 g/mol.